The minimum Gasteiger partial charge on any atom is -0.487 e. The highest BCUT2D eigenvalue weighted by atomic mass is 32.2. The maximum atomic E-state index is 12.2. The Morgan fingerprint density at radius 2 is 1.74 bits per heavy atom. The molecular weight excluding hydrogens is 595 g/mol. The fraction of sp³-hybridized carbons (Fsp3) is 0.342. The number of nitrogens with zero attached hydrogens (tertiary/aromatic N) is 2. The molecule has 2 N–H and O–H groups in total. The molecule has 0 amide bonds. The quantitative estimate of drug-likeness (QED) is 0.132. The van der Waals surface area contributed by atoms with Crippen LogP contribution >= 0.6 is 11.8 Å². The second kappa shape index (κ2) is 13.6. The molecule has 8 heteroatoms. The van der Waals surface area contributed by atoms with Gasteiger partial charge in [-0.05, 0) is 92.8 Å². The molecule has 0 aliphatic rings. The summed E-state index contributed by atoms with van der Waals surface area (Å²) in [4.78, 5) is 25.8. The van der Waals surface area contributed by atoms with Crippen molar-refractivity contribution >= 4 is 28.6 Å². The Hall–Kier alpha value is -4.30. The number of aryl methyl sites for hydroxylation is 1. The molecule has 0 saturated carbocycles. The summed E-state index contributed by atoms with van der Waals surface area (Å²) >= 11 is 1.82. The number of hydrogen-bond acceptors (Lipinski definition) is 6. The Labute approximate surface area is 275 Å². The van der Waals surface area contributed by atoms with Crippen molar-refractivity contribution in [3.8, 4) is 22.8 Å². The van der Waals surface area contributed by atoms with Crippen LogP contribution in [-0.4, -0.2) is 37.4 Å². The number of benzene rings is 2. The first-order valence-corrected chi connectivity index (χ1v) is 16.5. The number of thioether (sulfide) groups is 1. The summed E-state index contributed by atoms with van der Waals surface area (Å²) in [6, 6.07) is 20.6. The van der Waals surface area contributed by atoms with Gasteiger partial charge in [0.1, 0.15) is 12.4 Å². The number of carbonyl (C=O) groups is 1. The average molecular weight is 638 g/mol. The molecule has 46 heavy (non-hydrogen) atoms. The average Bonchev–Trinajstić information content (AvgIpc) is 3.32. The third kappa shape index (κ3) is 8.10. The van der Waals surface area contributed by atoms with Gasteiger partial charge in [0.05, 0.1) is 17.7 Å². The van der Waals surface area contributed by atoms with E-state index in [0.717, 1.165) is 60.8 Å². The molecule has 0 saturated heterocycles. The van der Waals surface area contributed by atoms with Gasteiger partial charge in [0.15, 0.2) is 0 Å². The third-order valence-electron chi connectivity index (χ3n) is 7.71. The number of carboxylic acids is 1. The lowest BCUT2D eigenvalue weighted by Crippen LogP contribution is -2.26. The fourth-order valence-electron chi connectivity index (χ4n) is 5.29. The van der Waals surface area contributed by atoms with Crippen LogP contribution in [0.25, 0.3) is 22.0 Å². The van der Waals surface area contributed by atoms with Crippen LogP contribution in [0.15, 0.2) is 78.0 Å². The molecule has 0 aliphatic heterocycles. The van der Waals surface area contributed by atoms with Crippen LogP contribution in [-0.2, 0) is 24.2 Å². The van der Waals surface area contributed by atoms with Crippen molar-refractivity contribution in [1.82, 2.24) is 15.0 Å². The summed E-state index contributed by atoms with van der Waals surface area (Å²) in [7, 11) is 0. The topological polar surface area (TPSA) is 97.3 Å². The summed E-state index contributed by atoms with van der Waals surface area (Å²) in [5.41, 5.74) is 7.25. The Kier molecular flexibility index (Phi) is 9.77. The summed E-state index contributed by atoms with van der Waals surface area (Å²) in [6.45, 7) is 15.1. The molecule has 0 bridgehead atoms. The van der Waals surface area contributed by atoms with Crippen LogP contribution in [0.5, 0.6) is 11.6 Å². The SMILES string of the molecule is CCOc1ccc(-c2ccc(Cc3c(CC(C)(C)C(=O)O)[nH]c4ccc(OCc5ccc(C)cn5)cc34)cc2SC(C)(C)C)cn1. The summed E-state index contributed by atoms with van der Waals surface area (Å²) in [6.07, 6.45) is 4.71. The van der Waals surface area contributed by atoms with Gasteiger partial charge in [-0.15, -0.1) is 11.8 Å². The third-order valence-corrected chi connectivity index (χ3v) is 8.88. The lowest BCUT2D eigenvalue weighted by Gasteiger charge is -2.21. The molecule has 7 nitrogen and oxygen atoms in total. The van der Waals surface area contributed by atoms with Crippen LogP contribution < -0.4 is 9.47 Å². The van der Waals surface area contributed by atoms with Crippen molar-refractivity contribution in [3.05, 3.63) is 101 Å². The number of fused-ring (bicyclic) bond motifs is 1. The molecular formula is C38H43N3O4S. The summed E-state index contributed by atoms with van der Waals surface area (Å²) < 4.78 is 11.7. The van der Waals surface area contributed by atoms with Gasteiger partial charge in [0, 0.05) is 56.7 Å². The van der Waals surface area contributed by atoms with Gasteiger partial charge in [0.25, 0.3) is 0 Å². The first-order chi connectivity index (χ1) is 21.8. The monoisotopic (exact) mass is 637 g/mol. The van der Waals surface area contributed by atoms with Gasteiger partial charge in [-0.1, -0.05) is 39.0 Å². The minimum atomic E-state index is -0.941. The fourth-order valence-corrected chi connectivity index (χ4v) is 6.46. The number of ether oxygens (including phenoxy) is 2. The molecule has 3 aromatic heterocycles. The van der Waals surface area contributed by atoms with E-state index in [0.29, 0.717) is 31.9 Å². The van der Waals surface area contributed by atoms with E-state index in [1.807, 2.05) is 68.3 Å². The first-order valence-electron chi connectivity index (χ1n) is 15.6. The predicted molar refractivity (Wildman–Crippen MR) is 186 cm³/mol. The van der Waals surface area contributed by atoms with Crippen LogP contribution in [0.2, 0.25) is 0 Å². The molecule has 0 radical (unpaired) electrons. The number of aromatic nitrogens is 3. The van der Waals surface area contributed by atoms with E-state index in [4.69, 9.17) is 9.47 Å². The molecule has 0 aliphatic carbocycles. The molecule has 0 spiro atoms. The second-order valence-electron chi connectivity index (χ2n) is 13.3. The molecule has 3 heterocycles. The standard InChI is InChI=1S/C38H43N3O4S/c1-8-44-35-16-11-26(22-40-35)29-14-10-25(18-34(29)46-37(3,4)5)17-30-31-19-28(45-23-27-12-9-24(2)21-39-27)13-15-32(31)41-33(30)20-38(6,7)36(42)43/h9-16,18-19,21-22,41H,8,17,20,23H2,1-7H3,(H,42,43). The number of rotatable bonds is 12. The van der Waals surface area contributed by atoms with Crippen molar-refractivity contribution in [2.24, 2.45) is 5.41 Å². The van der Waals surface area contributed by atoms with Crippen LogP contribution in [0.1, 0.15) is 69.6 Å². The molecule has 0 atom stereocenters. The van der Waals surface area contributed by atoms with Crippen LogP contribution in [0.4, 0.5) is 0 Å². The van der Waals surface area contributed by atoms with E-state index in [1.54, 1.807) is 13.8 Å². The molecule has 0 unspecified atom stereocenters. The van der Waals surface area contributed by atoms with E-state index in [2.05, 4.69) is 66.1 Å². The van der Waals surface area contributed by atoms with Crippen molar-refractivity contribution < 1.29 is 19.4 Å². The van der Waals surface area contributed by atoms with Crippen molar-refractivity contribution in [3.63, 3.8) is 0 Å². The number of pyridine rings is 2. The number of H-pyrrole nitrogens is 1. The minimum absolute atomic E-state index is 0.0118. The number of aromatic amines is 1. The smallest absolute Gasteiger partial charge is 0.309 e. The van der Waals surface area contributed by atoms with Crippen LogP contribution in [0.3, 0.4) is 0 Å². The van der Waals surface area contributed by atoms with Gasteiger partial charge < -0.3 is 19.6 Å². The van der Waals surface area contributed by atoms with Crippen molar-refractivity contribution in [2.45, 2.75) is 77.6 Å². The van der Waals surface area contributed by atoms with Crippen molar-refractivity contribution in [2.75, 3.05) is 6.61 Å². The zero-order valence-corrected chi connectivity index (χ0v) is 28.5. The predicted octanol–water partition coefficient (Wildman–Crippen LogP) is 9.05. The number of nitrogens with one attached hydrogen (secondary N) is 1. The number of aliphatic carboxylic acids is 1. The highest BCUT2D eigenvalue weighted by molar-refractivity contribution is 8.00. The molecule has 5 aromatic rings. The zero-order valence-electron chi connectivity index (χ0n) is 27.7. The Morgan fingerprint density at radius 3 is 2.39 bits per heavy atom. The number of hydrogen-bond donors (Lipinski definition) is 2. The van der Waals surface area contributed by atoms with Gasteiger partial charge in [-0.2, -0.15) is 0 Å². The Bertz CT molecular complexity index is 1820. The highest BCUT2D eigenvalue weighted by Crippen LogP contribution is 2.40. The normalized spacial score (nSPS) is 12.0. The largest absolute Gasteiger partial charge is 0.487 e. The zero-order chi connectivity index (χ0) is 33.1. The van der Waals surface area contributed by atoms with Crippen LogP contribution in [0, 0.1) is 12.3 Å². The Morgan fingerprint density at radius 1 is 0.935 bits per heavy atom. The van der Waals surface area contributed by atoms with E-state index >= 15 is 0 Å². The molecule has 2 aromatic carbocycles. The lowest BCUT2D eigenvalue weighted by molar-refractivity contribution is -0.146. The molecule has 5 rings (SSSR count). The van der Waals surface area contributed by atoms with E-state index in [9.17, 15) is 9.90 Å². The van der Waals surface area contributed by atoms with E-state index in [1.165, 1.54) is 0 Å². The van der Waals surface area contributed by atoms with Crippen molar-refractivity contribution in [1.29, 1.82) is 0 Å². The van der Waals surface area contributed by atoms with Gasteiger partial charge >= 0.3 is 5.97 Å². The van der Waals surface area contributed by atoms with Gasteiger partial charge in [0.2, 0.25) is 5.88 Å². The van der Waals surface area contributed by atoms with Gasteiger partial charge in [-0.3, -0.25) is 9.78 Å². The first kappa shape index (κ1) is 33.1. The summed E-state index contributed by atoms with van der Waals surface area (Å²) in [5.74, 6) is 0.521. The van der Waals surface area contributed by atoms with E-state index in [-0.39, 0.29) is 4.75 Å². The maximum Gasteiger partial charge on any atom is 0.309 e. The molecule has 0 fully saturated rings. The second-order valence-corrected chi connectivity index (χ2v) is 15.2. The Balaban J connectivity index is 1.53. The van der Waals surface area contributed by atoms with Gasteiger partial charge in [-0.25, -0.2) is 4.98 Å². The number of carboxylic acid groups (broad SMARTS) is 1. The lowest BCUT2D eigenvalue weighted by atomic mass is 9.86. The highest BCUT2D eigenvalue weighted by Gasteiger charge is 2.30. The molecule has 240 valence electrons. The summed E-state index contributed by atoms with van der Waals surface area (Å²) in [5, 5.41) is 11.0. The maximum absolute atomic E-state index is 12.2. The van der Waals surface area contributed by atoms with E-state index < -0.39 is 11.4 Å².